The number of halogens is 3. The van der Waals surface area contributed by atoms with Gasteiger partial charge in [-0.2, -0.15) is 13.2 Å². The Hall–Kier alpha value is -1.30. The molecule has 1 aliphatic heterocycles. The van der Waals surface area contributed by atoms with Gasteiger partial charge in [0.05, 0.1) is 5.92 Å². The lowest BCUT2D eigenvalue weighted by Crippen LogP contribution is -2.39. The van der Waals surface area contributed by atoms with Crippen molar-refractivity contribution in [2.45, 2.75) is 38.9 Å². The SMILES string of the molecule is CCc1cc(CN)cc(N2CCC(C(F)(F)F)CC2)n1. The Kier molecular flexibility index (Phi) is 4.52. The highest BCUT2D eigenvalue weighted by atomic mass is 19.4. The van der Waals surface area contributed by atoms with E-state index in [-0.39, 0.29) is 12.8 Å². The van der Waals surface area contributed by atoms with Crippen LogP contribution in [-0.4, -0.2) is 24.2 Å². The molecule has 0 saturated carbocycles. The summed E-state index contributed by atoms with van der Waals surface area (Å²) in [5.41, 5.74) is 7.56. The maximum absolute atomic E-state index is 12.7. The fraction of sp³-hybridized carbons (Fsp3) is 0.643. The Bertz CT molecular complexity index is 429. The molecule has 2 rings (SSSR count). The average Bonchev–Trinajstić information content (AvgIpc) is 2.46. The van der Waals surface area contributed by atoms with E-state index in [4.69, 9.17) is 5.73 Å². The number of aromatic nitrogens is 1. The molecule has 0 aliphatic carbocycles. The highest BCUT2D eigenvalue weighted by Crippen LogP contribution is 2.35. The lowest BCUT2D eigenvalue weighted by atomic mass is 9.96. The van der Waals surface area contributed by atoms with Gasteiger partial charge in [0.2, 0.25) is 0 Å². The van der Waals surface area contributed by atoms with Crippen molar-refractivity contribution in [1.29, 1.82) is 0 Å². The van der Waals surface area contributed by atoms with Crippen LogP contribution in [0.3, 0.4) is 0 Å². The van der Waals surface area contributed by atoms with Crippen molar-refractivity contribution < 1.29 is 13.2 Å². The Morgan fingerprint density at radius 1 is 1.30 bits per heavy atom. The zero-order valence-corrected chi connectivity index (χ0v) is 11.6. The zero-order valence-electron chi connectivity index (χ0n) is 11.6. The summed E-state index contributed by atoms with van der Waals surface area (Å²) >= 11 is 0. The average molecular weight is 287 g/mol. The number of pyridine rings is 1. The molecule has 0 spiro atoms. The Morgan fingerprint density at radius 3 is 2.45 bits per heavy atom. The predicted octanol–water partition coefficient (Wildman–Crippen LogP) is 2.88. The Balaban J connectivity index is 2.10. The minimum atomic E-state index is -4.08. The molecule has 0 aromatic carbocycles. The van der Waals surface area contributed by atoms with Crippen LogP contribution in [0.25, 0.3) is 0 Å². The van der Waals surface area contributed by atoms with Crippen molar-refractivity contribution >= 4 is 5.82 Å². The Morgan fingerprint density at radius 2 is 1.95 bits per heavy atom. The first-order chi connectivity index (χ1) is 9.44. The lowest BCUT2D eigenvalue weighted by molar-refractivity contribution is -0.179. The second kappa shape index (κ2) is 5.99. The van der Waals surface area contributed by atoms with E-state index in [1.165, 1.54) is 0 Å². The van der Waals surface area contributed by atoms with Crippen LogP contribution in [0.5, 0.6) is 0 Å². The summed E-state index contributed by atoms with van der Waals surface area (Å²) in [5.74, 6) is -0.424. The number of nitrogens with two attached hydrogens (primary N) is 1. The van der Waals surface area contributed by atoms with E-state index in [9.17, 15) is 13.2 Å². The van der Waals surface area contributed by atoms with Crippen molar-refractivity contribution in [3.8, 4) is 0 Å². The number of piperidine rings is 1. The van der Waals surface area contributed by atoms with E-state index in [0.717, 1.165) is 23.5 Å². The first-order valence-electron chi connectivity index (χ1n) is 6.95. The Labute approximate surface area is 117 Å². The number of hydrogen-bond acceptors (Lipinski definition) is 3. The summed E-state index contributed by atoms with van der Waals surface area (Å²) in [7, 11) is 0. The molecule has 2 N–H and O–H groups in total. The molecule has 0 bridgehead atoms. The number of alkyl halides is 3. The molecule has 2 heterocycles. The summed E-state index contributed by atoms with van der Waals surface area (Å²) in [5, 5.41) is 0. The second-order valence-corrected chi connectivity index (χ2v) is 5.19. The maximum Gasteiger partial charge on any atom is 0.391 e. The third-order valence-corrected chi connectivity index (χ3v) is 3.80. The number of nitrogens with zero attached hydrogens (tertiary/aromatic N) is 2. The largest absolute Gasteiger partial charge is 0.391 e. The van der Waals surface area contributed by atoms with Gasteiger partial charge >= 0.3 is 6.18 Å². The minimum absolute atomic E-state index is 0.138. The topological polar surface area (TPSA) is 42.1 Å². The number of rotatable bonds is 3. The maximum atomic E-state index is 12.7. The van der Waals surface area contributed by atoms with Gasteiger partial charge in [0.15, 0.2) is 0 Å². The minimum Gasteiger partial charge on any atom is -0.357 e. The molecule has 0 amide bonds. The molecule has 1 aromatic rings. The van der Waals surface area contributed by atoms with E-state index in [2.05, 4.69) is 4.98 Å². The predicted molar refractivity (Wildman–Crippen MR) is 72.5 cm³/mol. The van der Waals surface area contributed by atoms with Crippen LogP contribution in [0.2, 0.25) is 0 Å². The number of hydrogen-bond donors (Lipinski definition) is 1. The molecule has 0 atom stereocenters. The van der Waals surface area contributed by atoms with Gasteiger partial charge in [-0.15, -0.1) is 0 Å². The third-order valence-electron chi connectivity index (χ3n) is 3.80. The molecule has 112 valence electrons. The third kappa shape index (κ3) is 3.42. The van der Waals surface area contributed by atoms with E-state index in [1.807, 2.05) is 24.0 Å². The molecule has 1 aliphatic rings. The van der Waals surface area contributed by atoms with Crippen molar-refractivity contribution in [1.82, 2.24) is 4.98 Å². The van der Waals surface area contributed by atoms with Crippen LogP contribution in [0, 0.1) is 5.92 Å². The fourth-order valence-electron chi connectivity index (χ4n) is 2.53. The van der Waals surface area contributed by atoms with E-state index in [1.54, 1.807) is 0 Å². The summed E-state index contributed by atoms with van der Waals surface area (Å²) in [4.78, 5) is 6.43. The molecule has 20 heavy (non-hydrogen) atoms. The van der Waals surface area contributed by atoms with Crippen LogP contribution >= 0.6 is 0 Å². The van der Waals surface area contributed by atoms with Crippen molar-refractivity contribution in [3.05, 3.63) is 23.4 Å². The summed E-state index contributed by atoms with van der Waals surface area (Å²) in [6.07, 6.45) is -3.01. The molecule has 1 aromatic heterocycles. The van der Waals surface area contributed by atoms with Gasteiger partial charge in [0.1, 0.15) is 5.82 Å². The zero-order chi connectivity index (χ0) is 14.8. The smallest absolute Gasteiger partial charge is 0.357 e. The van der Waals surface area contributed by atoms with Crippen LogP contribution < -0.4 is 10.6 Å². The van der Waals surface area contributed by atoms with E-state index < -0.39 is 12.1 Å². The molecule has 0 radical (unpaired) electrons. The standard InChI is InChI=1S/C14H20F3N3/c1-2-12-7-10(9-18)8-13(19-12)20-5-3-11(4-6-20)14(15,16)17/h7-8,11H,2-6,9,18H2,1H3. The molecule has 1 fully saturated rings. The fourth-order valence-corrected chi connectivity index (χ4v) is 2.53. The molecule has 1 saturated heterocycles. The van der Waals surface area contributed by atoms with E-state index in [0.29, 0.717) is 19.6 Å². The van der Waals surface area contributed by atoms with Crippen molar-refractivity contribution in [3.63, 3.8) is 0 Å². The van der Waals surface area contributed by atoms with Crippen LogP contribution in [0.1, 0.15) is 31.0 Å². The van der Waals surface area contributed by atoms with Gasteiger partial charge in [0.25, 0.3) is 0 Å². The van der Waals surface area contributed by atoms with Crippen LogP contribution in [0.15, 0.2) is 12.1 Å². The summed E-state index contributed by atoms with van der Waals surface area (Å²) < 4.78 is 38.0. The van der Waals surface area contributed by atoms with Crippen molar-refractivity contribution in [2.75, 3.05) is 18.0 Å². The van der Waals surface area contributed by atoms with Gasteiger partial charge < -0.3 is 10.6 Å². The number of aryl methyl sites for hydroxylation is 1. The summed E-state index contributed by atoms with van der Waals surface area (Å²) in [6, 6.07) is 3.83. The van der Waals surface area contributed by atoms with Crippen LogP contribution in [0.4, 0.5) is 19.0 Å². The van der Waals surface area contributed by atoms with Crippen LogP contribution in [-0.2, 0) is 13.0 Å². The molecular weight excluding hydrogens is 267 g/mol. The monoisotopic (exact) mass is 287 g/mol. The first-order valence-corrected chi connectivity index (χ1v) is 6.95. The molecule has 3 nitrogen and oxygen atoms in total. The highest BCUT2D eigenvalue weighted by Gasteiger charge is 2.41. The number of anilines is 1. The van der Waals surface area contributed by atoms with Gasteiger partial charge in [-0.1, -0.05) is 6.92 Å². The highest BCUT2D eigenvalue weighted by molar-refractivity contribution is 5.43. The van der Waals surface area contributed by atoms with Gasteiger partial charge in [-0.3, -0.25) is 0 Å². The second-order valence-electron chi connectivity index (χ2n) is 5.19. The molecule has 6 heteroatoms. The molecule has 0 unspecified atom stereocenters. The van der Waals surface area contributed by atoms with Gasteiger partial charge in [-0.25, -0.2) is 4.98 Å². The molecular formula is C14H20F3N3. The van der Waals surface area contributed by atoms with E-state index >= 15 is 0 Å². The first kappa shape index (κ1) is 15.1. The lowest BCUT2D eigenvalue weighted by Gasteiger charge is -2.34. The normalized spacial score (nSPS) is 17.6. The van der Waals surface area contributed by atoms with Gasteiger partial charge in [0, 0.05) is 25.3 Å². The van der Waals surface area contributed by atoms with Crippen molar-refractivity contribution in [2.24, 2.45) is 11.7 Å². The summed E-state index contributed by atoms with van der Waals surface area (Å²) in [6.45, 7) is 3.21. The van der Waals surface area contributed by atoms with Gasteiger partial charge in [-0.05, 0) is 37.0 Å². The quantitative estimate of drug-likeness (QED) is 0.929.